The van der Waals surface area contributed by atoms with Crippen LogP contribution in [0.15, 0.2) is 18.7 Å². The van der Waals surface area contributed by atoms with E-state index < -0.39 is 0 Å². The quantitative estimate of drug-likeness (QED) is 0.656. The fourth-order valence-corrected chi connectivity index (χ4v) is 2.28. The topological polar surface area (TPSA) is 46.9 Å². The summed E-state index contributed by atoms with van der Waals surface area (Å²) in [5.41, 5.74) is 0. The van der Waals surface area contributed by atoms with E-state index in [0.29, 0.717) is 0 Å². The van der Waals surface area contributed by atoms with Crippen molar-refractivity contribution >= 4 is 5.91 Å². The molecule has 0 saturated carbocycles. The Bertz CT molecular complexity index is 335. The summed E-state index contributed by atoms with van der Waals surface area (Å²) in [6.45, 7) is 3.80. The molecule has 1 N–H and O–H groups in total. The molecule has 0 fully saturated rings. The van der Waals surface area contributed by atoms with Crippen LogP contribution in [0.5, 0.6) is 0 Å². The second kappa shape index (κ2) is 9.59. The molecule has 4 nitrogen and oxygen atoms in total. The maximum Gasteiger partial charge on any atom is 0.218 e. The minimum Gasteiger partial charge on any atom is -0.336 e. The molecule has 1 unspecified atom stereocenters. The van der Waals surface area contributed by atoms with Crippen LogP contribution >= 0.6 is 0 Å². The summed E-state index contributed by atoms with van der Waals surface area (Å²) in [6, 6.07) is 0. The van der Waals surface area contributed by atoms with Crippen LogP contribution in [0, 0.1) is 0 Å². The Morgan fingerprint density at radius 1 is 1.21 bits per heavy atom. The van der Waals surface area contributed by atoms with Gasteiger partial charge in [-0.25, -0.2) is 4.98 Å². The Hall–Kier alpha value is -1.32. The van der Waals surface area contributed by atoms with Crippen LogP contribution in [0.4, 0.5) is 0 Å². The highest BCUT2D eigenvalue weighted by Crippen LogP contribution is 2.14. The van der Waals surface area contributed by atoms with Crippen molar-refractivity contribution in [2.45, 2.75) is 71.4 Å². The number of nitrogens with one attached hydrogen (secondary N) is 1. The molecule has 1 aromatic heterocycles. The van der Waals surface area contributed by atoms with E-state index in [0.717, 1.165) is 12.8 Å². The summed E-state index contributed by atoms with van der Waals surface area (Å²) in [7, 11) is 0. The van der Waals surface area contributed by atoms with Crippen molar-refractivity contribution in [3.8, 4) is 0 Å². The SMILES string of the molecule is CCCCCCCCCC(NC(C)=O)n1ccnc1. The van der Waals surface area contributed by atoms with Gasteiger partial charge < -0.3 is 9.88 Å². The third-order valence-electron chi connectivity index (χ3n) is 3.34. The average molecular weight is 265 g/mol. The molecular weight excluding hydrogens is 238 g/mol. The fraction of sp³-hybridized carbons (Fsp3) is 0.733. The molecule has 1 atom stereocenters. The number of carbonyl (C=O) groups is 1. The zero-order valence-corrected chi connectivity index (χ0v) is 12.3. The van der Waals surface area contributed by atoms with Crippen molar-refractivity contribution in [1.82, 2.24) is 14.9 Å². The predicted molar refractivity (Wildman–Crippen MR) is 77.7 cm³/mol. The number of aromatic nitrogens is 2. The largest absolute Gasteiger partial charge is 0.336 e. The maximum atomic E-state index is 11.2. The molecule has 0 spiro atoms. The van der Waals surface area contributed by atoms with Crippen molar-refractivity contribution in [3.05, 3.63) is 18.7 Å². The van der Waals surface area contributed by atoms with E-state index in [1.807, 2.05) is 10.8 Å². The van der Waals surface area contributed by atoms with Crippen molar-refractivity contribution in [1.29, 1.82) is 0 Å². The van der Waals surface area contributed by atoms with E-state index >= 15 is 0 Å². The highest BCUT2D eigenvalue weighted by Gasteiger charge is 2.10. The maximum absolute atomic E-state index is 11.2. The molecule has 1 rings (SSSR count). The van der Waals surface area contributed by atoms with Crippen LogP contribution < -0.4 is 5.32 Å². The third kappa shape index (κ3) is 6.99. The lowest BCUT2D eigenvalue weighted by molar-refractivity contribution is -0.120. The summed E-state index contributed by atoms with van der Waals surface area (Å²) >= 11 is 0. The van der Waals surface area contributed by atoms with Crippen molar-refractivity contribution in [2.24, 2.45) is 0 Å². The first kappa shape index (κ1) is 15.7. The summed E-state index contributed by atoms with van der Waals surface area (Å²) in [4.78, 5) is 15.3. The van der Waals surface area contributed by atoms with Gasteiger partial charge in [0.1, 0.15) is 6.17 Å². The number of hydrogen-bond donors (Lipinski definition) is 1. The van der Waals surface area contributed by atoms with Gasteiger partial charge in [-0.05, 0) is 12.8 Å². The Labute approximate surface area is 116 Å². The molecule has 4 heteroatoms. The molecule has 0 saturated heterocycles. The van der Waals surface area contributed by atoms with Crippen LogP contribution in [-0.4, -0.2) is 15.5 Å². The zero-order chi connectivity index (χ0) is 13.9. The summed E-state index contributed by atoms with van der Waals surface area (Å²) < 4.78 is 1.97. The normalized spacial score (nSPS) is 12.3. The molecule has 1 aromatic rings. The monoisotopic (exact) mass is 265 g/mol. The third-order valence-corrected chi connectivity index (χ3v) is 3.34. The summed E-state index contributed by atoms with van der Waals surface area (Å²) in [5.74, 6) is 0.0154. The van der Waals surface area contributed by atoms with Gasteiger partial charge in [0.15, 0.2) is 0 Å². The standard InChI is InChI=1S/C15H27N3O/c1-3-4-5-6-7-8-9-10-15(17-14(2)19)18-12-11-16-13-18/h11-13,15H,3-10H2,1-2H3,(H,17,19). The molecular formula is C15H27N3O. The van der Waals surface area contributed by atoms with Crippen LogP contribution in [0.1, 0.15) is 71.4 Å². The van der Waals surface area contributed by atoms with Gasteiger partial charge in [0.2, 0.25) is 5.91 Å². The number of hydrogen-bond acceptors (Lipinski definition) is 2. The summed E-state index contributed by atoms with van der Waals surface area (Å²) in [5, 5.41) is 2.98. The minimum atomic E-state index is 0.0154. The second-order valence-corrected chi connectivity index (χ2v) is 5.14. The van der Waals surface area contributed by atoms with Gasteiger partial charge in [-0.2, -0.15) is 0 Å². The highest BCUT2D eigenvalue weighted by molar-refractivity contribution is 5.72. The first-order valence-electron chi connectivity index (χ1n) is 7.48. The van der Waals surface area contributed by atoms with Crippen molar-refractivity contribution in [2.75, 3.05) is 0 Å². The predicted octanol–water partition coefficient (Wildman–Crippen LogP) is 3.66. The van der Waals surface area contributed by atoms with Gasteiger partial charge in [0, 0.05) is 19.3 Å². The fourth-order valence-electron chi connectivity index (χ4n) is 2.28. The smallest absolute Gasteiger partial charge is 0.218 e. The zero-order valence-electron chi connectivity index (χ0n) is 12.3. The van der Waals surface area contributed by atoms with E-state index in [1.165, 1.54) is 38.5 Å². The molecule has 1 amide bonds. The Morgan fingerprint density at radius 2 is 1.89 bits per heavy atom. The number of unbranched alkanes of at least 4 members (excludes halogenated alkanes) is 6. The van der Waals surface area contributed by atoms with Crippen molar-refractivity contribution < 1.29 is 4.79 Å². The lowest BCUT2D eigenvalue weighted by Gasteiger charge is -2.19. The van der Waals surface area contributed by atoms with E-state index in [9.17, 15) is 4.79 Å². The molecule has 0 aliphatic carbocycles. The first-order valence-corrected chi connectivity index (χ1v) is 7.48. The number of carbonyl (C=O) groups excluding carboxylic acids is 1. The molecule has 0 bridgehead atoms. The minimum absolute atomic E-state index is 0.0154. The van der Waals surface area contributed by atoms with Crippen LogP contribution in [0.2, 0.25) is 0 Å². The van der Waals surface area contributed by atoms with E-state index in [-0.39, 0.29) is 12.1 Å². The van der Waals surface area contributed by atoms with E-state index in [2.05, 4.69) is 17.2 Å². The number of imidazole rings is 1. The van der Waals surface area contributed by atoms with Crippen LogP contribution in [0.25, 0.3) is 0 Å². The van der Waals surface area contributed by atoms with Crippen LogP contribution in [-0.2, 0) is 4.79 Å². The molecule has 0 radical (unpaired) electrons. The molecule has 0 aliphatic rings. The average Bonchev–Trinajstić information content (AvgIpc) is 2.89. The van der Waals surface area contributed by atoms with E-state index in [4.69, 9.17) is 0 Å². The molecule has 1 heterocycles. The number of amides is 1. The first-order chi connectivity index (χ1) is 9.24. The lowest BCUT2D eigenvalue weighted by Crippen LogP contribution is -2.29. The second-order valence-electron chi connectivity index (χ2n) is 5.14. The lowest BCUT2D eigenvalue weighted by atomic mass is 10.1. The number of rotatable bonds is 10. The van der Waals surface area contributed by atoms with Gasteiger partial charge >= 0.3 is 0 Å². The van der Waals surface area contributed by atoms with Gasteiger partial charge in [-0.1, -0.05) is 45.4 Å². The molecule has 108 valence electrons. The van der Waals surface area contributed by atoms with Crippen LogP contribution in [0.3, 0.4) is 0 Å². The Kier molecular flexibility index (Phi) is 7.94. The summed E-state index contributed by atoms with van der Waals surface area (Å²) in [6.07, 6.45) is 15.5. The van der Waals surface area contributed by atoms with Crippen molar-refractivity contribution in [3.63, 3.8) is 0 Å². The molecule has 0 aromatic carbocycles. The highest BCUT2D eigenvalue weighted by atomic mass is 16.1. The Morgan fingerprint density at radius 3 is 2.47 bits per heavy atom. The molecule has 19 heavy (non-hydrogen) atoms. The Balaban J connectivity index is 2.20. The van der Waals surface area contributed by atoms with Gasteiger partial charge in [-0.15, -0.1) is 0 Å². The molecule has 0 aliphatic heterocycles. The van der Waals surface area contributed by atoms with E-state index in [1.54, 1.807) is 19.4 Å². The van der Waals surface area contributed by atoms with Gasteiger partial charge in [0.05, 0.1) is 6.33 Å². The van der Waals surface area contributed by atoms with Gasteiger partial charge in [-0.3, -0.25) is 4.79 Å². The van der Waals surface area contributed by atoms with Gasteiger partial charge in [0.25, 0.3) is 0 Å². The number of nitrogens with zero attached hydrogens (tertiary/aromatic N) is 2.